The van der Waals surface area contributed by atoms with E-state index < -0.39 is 0 Å². The molecule has 0 aliphatic heterocycles. The molecular formula is C17H26N2O. The van der Waals surface area contributed by atoms with Gasteiger partial charge in [0, 0.05) is 18.5 Å². The fourth-order valence-corrected chi connectivity index (χ4v) is 3.02. The fraction of sp³-hybridized carbons (Fsp3) is 0.588. The predicted molar refractivity (Wildman–Crippen MR) is 82.5 cm³/mol. The molecule has 0 spiro atoms. The molecule has 0 heterocycles. The van der Waals surface area contributed by atoms with Crippen LogP contribution in [0, 0.1) is 6.92 Å². The van der Waals surface area contributed by atoms with Gasteiger partial charge in [0.25, 0.3) is 0 Å². The van der Waals surface area contributed by atoms with Gasteiger partial charge in [-0.3, -0.25) is 4.79 Å². The van der Waals surface area contributed by atoms with E-state index in [1.807, 2.05) is 7.05 Å². The molecule has 3 nitrogen and oxygen atoms in total. The van der Waals surface area contributed by atoms with Crippen molar-refractivity contribution in [1.82, 2.24) is 10.6 Å². The Morgan fingerprint density at radius 3 is 2.40 bits per heavy atom. The zero-order valence-electron chi connectivity index (χ0n) is 12.7. The number of hydrogen-bond donors (Lipinski definition) is 2. The summed E-state index contributed by atoms with van der Waals surface area (Å²) in [6, 6.07) is 8.31. The minimum Gasteiger partial charge on any atom is -0.352 e. The van der Waals surface area contributed by atoms with Gasteiger partial charge >= 0.3 is 0 Å². The summed E-state index contributed by atoms with van der Waals surface area (Å²) >= 11 is 0. The van der Waals surface area contributed by atoms with Gasteiger partial charge in [0.05, 0.1) is 0 Å². The number of carbonyl (C=O) groups is 1. The molecule has 20 heavy (non-hydrogen) atoms. The van der Waals surface area contributed by atoms with Crippen LogP contribution < -0.4 is 10.6 Å². The summed E-state index contributed by atoms with van der Waals surface area (Å²) in [5.41, 5.74) is 2.43. The van der Waals surface area contributed by atoms with Crippen LogP contribution in [0.5, 0.6) is 0 Å². The largest absolute Gasteiger partial charge is 0.352 e. The standard InChI is InChI=1S/C17H26N2O/c1-14-6-8-15(9-7-14)13-19-16(20)12-17(18-2)10-4-3-5-11-17/h6-9,18H,3-5,10-13H2,1-2H3,(H,19,20). The van der Waals surface area contributed by atoms with Crippen molar-refractivity contribution < 1.29 is 4.79 Å². The van der Waals surface area contributed by atoms with E-state index in [0.717, 1.165) is 18.4 Å². The first-order chi connectivity index (χ1) is 9.63. The molecule has 1 saturated carbocycles. The molecule has 2 N–H and O–H groups in total. The Bertz CT molecular complexity index is 433. The third kappa shape index (κ3) is 4.07. The van der Waals surface area contributed by atoms with Gasteiger partial charge in [-0.1, -0.05) is 49.1 Å². The van der Waals surface area contributed by atoms with Crippen LogP contribution in [0.25, 0.3) is 0 Å². The van der Waals surface area contributed by atoms with Crippen molar-refractivity contribution in [3.63, 3.8) is 0 Å². The van der Waals surface area contributed by atoms with Gasteiger partial charge in [-0.2, -0.15) is 0 Å². The molecule has 1 fully saturated rings. The fourth-order valence-electron chi connectivity index (χ4n) is 3.02. The summed E-state index contributed by atoms with van der Waals surface area (Å²) in [4.78, 5) is 12.2. The molecule has 1 aliphatic rings. The maximum atomic E-state index is 12.2. The minimum absolute atomic E-state index is 0.0234. The van der Waals surface area contributed by atoms with Gasteiger partial charge in [0.15, 0.2) is 0 Å². The zero-order valence-corrected chi connectivity index (χ0v) is 12.7. The summed E-state index contributed by atoms with van der Waals surface area (Å²) in [7, 11) is 1.98. The number of aryl methyl sites for hydroxylation is 1. The van der Waals surface area contributed by atoms with Gasteiger partial charge in [0.2, 0.25) is 5.91 Å². The average Bonchev–Trinajstić information content (AvgIpc) is 2.47. The minimum atomic E-state index is 0.0234. The summed E-state index contributed by atoms with van der Waals surface area (Å²) in [6.07, 6.45) is 6.57. The molecule has 0 saturated heterocycles. The quantitative estimate of drug-likeness (QED) is 0.867. The maximum absolute atomic E-state index is 12.2. The van der Waals surface area contributed by atoms with Crippen LogP contribution in [0.1, 0.15) is 49.7 Å². The van der Waals surface area contributed by atoms with E-state index in [0.29, 0.717) is 13.0 Å². The summed E-state index contributed by atoms with van der Waals surface area (Å²) in [5, 5.41) is 6.44. The lowest BCUT2D eigenvalue weighted by Crippen LogP contribution is -2.48. The molecule has 0 bridgehead atoms. The Labute approximate surface area is 122 Å². The Morgan fingerprint density at radius 1 is 1.15 bits per heavy atom. The van der Waals surface area contributed by atoms with Crippen molar-refractivity contribution in [1.29, 1.82) is 0 Å². The Morgan fingerprint density at radius 2 is 1.80 bits per heavy atom. The second kappa shape index (κ2) is 6.89. The highest BCUT2D eigenvalue weighted by molar-refractivity contribution is 5.77. The van der Waals surface area contributed by atoms with Crippen LogP contribution in [0.15, 0.2) is 24.3 Å². The first kappa shape index (κ1) is 15.0. The third-order valence-corrected chi connectivity index (χ3v) is 4.45. The molecule has 0 radical (unpaired) electrons. The van der Waals surface area contributed by atoms with Crippen molar-refractivity contribution in [3.05, 3.63) is 35.4 Å². The molecule has 1 amide bonds. The van der Waals surface area contributed by atoms with Crippen LogP contribution in [0.3, 0.4) is 0 Å². The van der Waals surface area contributed by atoms with E-state index in [4.69, 9.17) is 0 Å². The van der Waals surface area contributed by atoms with Crippen molar-refractivity contribution in [3.8, 4) is 0 Å². The number of hydrogen-bond acceptors (Lipinski definition) is 2. The van der Waals surface area contributed by atoms with Crippen LogP contribution in [-0.2, 0) is 11.3 Å². The normalized spacial score (nSPS) is 17.7. The van der Waals surface area contributed by atoms with Gasteiger partial charge in [-0.15, -0.1) is 0 Å². The van der Waals surface area contributed by atoms with Gasteiger partial charge < -0.3 is 10.6 Å². The number of benzene rings is 1. The smallest absolute Gasteiger partial charge is 0.222 e. The van der Waals surface area contributed by atoms with Crippen molar-refractivity contribution in [2.45, 2.75) is 57.5 Å². The second-order valence-electron chi connectivity index (χ2n) is 6.03. The van der Waals surface area contributed by atoms with Crippen molar-refractivity contribution in [2.75, 3.05) is 7.05 Å². The van der Waals surface area contributed by atoms with Gasteiger partial charge in [0.1, 0.15) is 0 Å². The van der Waals surface area contributed by atoms with E-state index in [-0.39, 0.29) is 11.4 Å². The van der Waals surface area contributed by atoms with E-state index in [2.05, 4.69) is 41.8 Å². The molecule has 3 heteroatoms. The number of rotatable bonds is 5. The highest BCUT2D eigenvalue weighted by Gasteiger charge is 2.32. The summed E-state index contributed by atoms with van der Waals surface area (Å²) < 4.78 is 0. The molecule has 2 rings (SSSR count). The Balaban J connectivity index is 1.83. The maximum Gasteiger partial charge on any atom is 0.222 e. The van der Waals surface area contributed by atoms with Crippen LogP contribution in [0.2, 0.25) is 0 Å². The lowest BCUT2D eigenvalue weighted by Gasteiger charge is -2.36. The molecule has 1 aliphatic carbocycles. The van der Waals surface area contributed by atoms with E-state index in [1.165, 1.54) is 24.8 Å². The number of nitrogens with one attached hydrogen (secondary N) is 2. The molecule has 0 aromatic heterocycles. The summed E-state index contributed by atoms with van der Waals surface area (Å²) in [6.45, 7) is 2.70. The first-order valence-electron chi connectivity index (χ1n) is 7.65. The number of carbonyl (C=O) groups excluding carboxylic acids is 1. The molecule has 0 unspecified atom stereocenters. The van der Waals surface area contributed by atoms with E-state index >= 15 is 0 Å². The van der Waals surface area contributed by atoms with Crippen molar-refractivity contribution >= 4 is 5.91 Å². The Kier molecular flexibility index (Phi) is 5.18. The lowest BCUT2D eigenvalue weighted by molar-refractivity contribution is -0.123. The molecule has 1 aromatic carbocycles. The van der Waals surface area contributed by atoms with Gasteiger partial charge in [-0.05, 0) is 32.4 Å². The van der Waals surface area contributed by atoms with E-state index in [9.17, 15) is 4.79 Å². The zero-order chi connectivity index (χ0) is 14.4. The van der Waals surface area contributed by atoms with E-state index in [1.54, 1.807) is 0 Å². The molecule has 1 aromatic rings. The highest BCUT2D eigenvalue weighted by atomic mass is 16.1. The molecule has 0 atom stereocenters. The molecular weight excluding hydrogens is 248 g/mol. The van der Waals surface area contributed by atoms with Crippen LogP contribution in [0.4, 0.5) is 0 Å². The SMILES string of the molecule is CNC1(CC(=O)NCc2ccc(C)cc2)CCCCC1. The lowest BCUT2D eigenvalue weighted by atomic mass is 9.79. The van der Waals surface area contributed by atoms with Crippen LogP contribution in [-0.4, -0.2) is 18.5 Å². The topological polar surface area (TPSA) is 41.1 Å². The number of amides is 1. The van der Waals surface area contributed by atoms with Crippen molar-refractivity contribution in [2.24, 2.45) is 0 Å². The second-order valence-corrected chi connectivity index (χ2v) is 6.03. The predicted octanol–water partition coefficient (Wildman–Crippen LogP) is 2.92. The first-order valence-corrected chi connectivity index (χ1v) is 7.65. The highest BCUT2D eigenvalue weighted by Crippen LogP contribution is 2.30. The monoisotopic (exact) mass is 274 g/mol. The summed E-state index contributed by atoms with van der Waals surface area (Å²) in [5.74, 6) is 0.154. The van der Waals surface area contributed by atoms with Gasteiger partial charge in [-0.25, -0.2) is 0 Å². The average molecular weight is 274 g/mol. The third-order valence-electron chi connectivity index (χ3n) is 4.45. The molecule has 110 valence electrons. The Hall–Kier alpha value is -1.35. The van der Waals surface area contributed by atoms with Crippen LogP contribution >= 0.6 is 0 Å².